The van der Waals surface area contributed by atoms with Crippen LogP contribution < -0.4 is 10.6 Å². The number of carbonyl (C=O) groups excluding carboxylic acids is 2. The van der Waals surface area contributed by atoms with Crippen molar-refractivity contribution < 1.29 is 22.8 Å². The molecule has 0 radical (unpaired) electrons. The van der Waals surface area contributed by atoms with Gasteiger partial charge in [-0.1, -0.05) is 12.1 Å². The number of nitrogens with one attached hydrogen (secondary N) is 2. The van der Waals surface area contributed by atoms with Crippen molar-refractivity contribution in [3.63, 3.8) is 0 Å². The van der Waals surface area contributed by atoms with Crippen molar-refractivity contribution in [3.8, 4) is 11.3 Å². The molecule has 2 amide bonds. The van der Waals surface area contributed by atoms with Crippen LogP contribution in [-0.4, -0.2) is 21.2 Å². The van der Waals surface area contributed by atoms with Crippen LogP contribution in [0, 0.1) is 0 Å². The van der Waals surface area contributed by atoms with Crippen molar-refractivity contribution in [2.45, 2.75) is 31.9 Å². The number of rotatable bonds is 5. The summed E-state index contributed by atoms with van der Waals surface area (Å²) >= 11 is 1.01. The predicted molar refractivity (Wildman–Crippen MR) is 111 cm³/mol. The molecule has 0 unspecified atom stereocenters. The van der Waals surface area contributed by atoms with Gasteiger partial charge in [0.1, 0.15) is 10.6 Å². The maximum absolute atomic E-state index is 12.9. The first-order valence-electron chi connectivity index (χ1n) is 9.44. The van der Waals surface area contributed by atoms with Gasteiger partial charge in [-0.05, 0) is 54.6 Å². The van der Waals surface area contributed by atoms with Crippen LogP contribution in [0.1, 0.15) is 46.6 Å². The van der Waals surface area contributed by atoms with E-state index in [0.717, 1.165) is 47.8 Å². The number of hydrogen-bond donors (Lipinski definition) is 2. The quantitative estimate of drug-likeness (QED) is 0.556. The van der Waals surface area contributed by atoms with Gasteiger partial charge in [-0.2, -0.15) is 17.5 Å². The number of halogens is 3. The highest BCUT2D eigenvalue weighted by atomic mass is 32.1. The van der Waals surface area contributed by atoms with Gasteiger partial charge in [0.2, 0.25) is 5.91 Å². The summed E-state index contributed by atoms with van der Waals surface area (Å²) in [5, 5.41) is 5.25. The van der Waals surface area contributed by atoms with Crippen LogP contribution >= 0.6 is 11.5 Å². The zero-order valence-corrected chi connectivity index (χ0v) is 17.1. The maximum Gasteiger partial charge on any atom is 0.433 e. The molecule has 0 spiro atoms. The van der Waals surface area contributed by atoms with E-state index in [1.165, 1.54) is 13.0 Å². The molecule has 31 heavy (non-hydrogen) atoms. The molecule has 0 saturated heterocycles. The molecular weight excluding hydrogens is 429 g/mol. The summed E-state index contributed by atoms with van der Waals surface area (Å²) in [5.41, 5.74) is 1.74. The second kappa shape index (κ2) is 8.10. The van der Waals surface area contributed by atoms with Gasteiger partial charge in [-0.3, -0.25) is 14.6 Å². The van der Waals surface area contributed by atoms with Gasteiger partial charge >= 0.3 is 6.18 Å². The van der Waals surface area contributed by atoms with E-state index < -0.39 is 17.8 Å². The van der Waals surface area contributed by atoms with Crippen LogP contribution in [0.4, 0.5) is 24.5 Å². The Balaban J connectivity index is 1.64. The van der Waals surface area contributed by atoms with E-state index in [1.807, 2.05) is 6.07 Å². The van der Waals surface area contributed by atoms with Gasteiger partial charge < -0.3 is 10.6 Å². The fourth-order valence-corrected chi connectivity index (χ4v) is 4.10. The fourth-order valence-electron chi connectivity index (χ4n) is 3.22. The molecule has 2 heterocycles. The molecule has 3 aromatic rings. The normalized spacial score (nSPS) is 13.7. The summed E-state index contributed by atoms with van der Waals surface area (Å²) in [4.78, 5) is 27.9. The molecule has 1 saturated carbocycles. The Bertz CT molecular complexity index is 1160. The van der Waals surface area contributed by atoms with Crippen molar-refractivity contribution in [3.05, 3.63) is 58.7 Å². The Kier molecular flexibility index (Phi) is 5.48. The van der Waals surface area contributed by atoms with E-state index in [1.54, 1.807) is 18.2 Å². The molecule has 1 aliphatic rings. The Labute approximate surface area is 179 Å². The Morgan fingerprint density at radius 3 is 2.52 bits per heavy atom. The van der Waals surface area contributed by atoms with E-state index in [9.17, 15) is 22.8 Å². The van der Waals surface area contributed by atoms with E-state index in [0.29, 0.717) is 16.3 Å². The number of hydrogen-bond acceptors (Lipinski definition) is 5. The fraction of sp³-hybridized carbons (Fsp3) is 0.238. The molecule has 10 heteroatoms. The SMILES string of the molecule is CC(=O)Nc1cccc(-c2nsc(C(=O)Nc3ccnc(C(F)(F)F)c3)c2C2CC2)c1. The van der Waals surface area contributed by atoms with Crippen molar-refractivity contribution in [1.29, 1.82) is 0 Å². The zero-order valence-electron chi connectivity index (χ0n) is 16.3. The minimum Gasteiger partial charge on any atom is -0.326 e. The van der Waals surface area contributed by atoms with Gasteiger partial charge in [-0.15, -0.1) is 0 Å². The van der Waals surface area contributed by atoms with Crippen LogP contribution in [0.15, 0.2) is 42.6 Å². The molecule has 0 aliphatic heterocycles. The summed E-state index contributed by atoms with van der Waals surface area (Å²) in [7, 11) is 0. The van der Waals surface area contributed by atoms with Crippen LogP contribution in [0.25, 0.3) is 11.3 Å². The number of aromatic nitrogens is 2. The molecule has 1 fully saturated rings. The van der Waals surface area contributed by atoms with Crippen molar-refractivity contribution in [2.75, 3.05) is 10.6 Å². The smallest absolute Gasteiger partial charge is 0.326 e. The molecule has 2 aromatic heterocycles. The molecule has 160 valence electrons. The molecular formula is C21H17F3N4O2S. The lowest BCUT2D eigenvalue weighted by Gasteiger charge is -2.10. The number of nitrogens with zero attached hydrogens (tertiary/aromatic N) is 2. The van der Waals surface area contributed by atoms with Crippen LogP contribution in [0.3, 0.4) is 0 Å². The summed E-state index contributed by atoms with van der Waals surface area (Å²) in [5.74, 6) is -0.543. The number of carbonyl (C=O) groups is 2. The highest BCUT2D eigenvalue weighted by molar-refractivity contribution is 7.08. The summed E-state index contributed by atoms with van der Waals surface area (Å²) in [6, 6.07) is 9.26. The Morgan fingerprint density at radius 2 is 1.84 bits per heavy atom. The van der Waals surface area contributed by atoms with Crippen molar-refractivity contribution in [2.24, 2.45) is 0 Å². The standard InChI is InChI=1S/C21H17F3N4O2S/c1-11(29)26-14-4-2-3-13(9-14)18-17(12-5-6-12)19(31-28-18)20(30)27-15-7-8-25-16(10-15)21(22,23)24/h2-4,7-10,12H,5-6H2,1H3,(H,26,29)(H,25,27,30). The summed E-state index contributed by atoms with van der Waals surface area (Å²) < 4.78 is 43.2. The van der Waals surface area contributed by atoms with Crippen LogP contribution in [0.2, 0.25) is 0 Å². The van der Waals surface area contributed by atoms with Crippen molar-refractivity contribution >= 4 is 34.7 Å². The second-order valence-electron chi connectivity index (χ2n) is 7.19. The average Bonchev–Trinajstić information content (AvgIpc) is 3.44. The topological polar surface area (TPSA) is 84.0 Å². The first-order chi connectivity index (χ1) is 14.7. The van der Waals surface area contributed by atoms with E-state index in [2.05, 4.69) is 20.0 Å². The van der Waals surface area contributed by atoms with Gasteiger partial charge in [-0.25, -0.2) is 0 Å². The first-order valence-corrected chi connectivity index (χ1v) is 10.2. The lowest BCUT2D eigenvalue weighted by molar-refractivity contribution is -0.141. The van der Waals surface area contributed by atoms with E-state index in [4.69, 9.17) is 0 Å². The predicted octanol–water partition coefficient (Wildman–Crippen LogP) is 5.31. The largest absolute Gasteiger partial charge is 0.433 e. The summed E-state index contributed by atoms with van der Waals surface area (Å²) in [6.07, 6.45) is -1.78. The molecule has 1 aliphatic carbocycles. The van der Waals surface area contributed by atoms with Gasteiger partial charge in [0.05, 0.1) is 5.69 Å². The minimum absolute atomic E-state index is 0.0108. The van der Waals surface area contributed by atoms with Gasteiger partial charge in [0.25, 0.3) is 5.91 Å². The Hall–Kier alpha value is -3.27. The third kappa shape index (κ3) is 4.74. The lowest BCUT2D eigenvalue weighted by Crippen LogP contribution is -2.14. The zero-order chi connectivity index (χ0) is 22.2. The van der Waals surface area contributed by atoms with E-state index >= 15 is 0 Å². The second-order valence-corrected chi connectivity index (χ2v) is 7.97. The van der Waals surface area contributed by atoms with Crippen LogP contribution in [0.5, 0.6) is 0 Å². The van der Waals surface area contributed by atoms with Gasteiger partial charge in [0, 0.05) is 35.6 Å². The highest BCUT2D eigenvalue weighted by Gasteiger charge is 2.35. The lowest BCUT2D eigenvalue weighted by atomic mass is 10.0. The monoisotopic (exact) mass is 446 g/mol. The van der Waals surface area contributed by atoms with Crippen molar-refractivity contribution in [1.82, 2.24) is 9.36 Å². The number of alkyl halides is 3. The third-order valence-electron chi connectivity index (χ3n) is 4.68. The Morgan fingerprint density at radius 1 is 1.10 bits per heavy atom. The molecule has 6 nitrogen and oxygen atoms in total. The minimum atomic E-state index is -4.60. The average molecular weight is 446 g/mol. The van der Waals surface area contributed by atoms with Crippen LogP contribution in [-0.2, 0) is 11.0 Å². The number of pyridine rings is 1. The van der Waals surface area contributed by atoms with Gasteiger partial charge in [0.15, 0.2) is 0 Å². The molecule has 0 bridgehead atoms. The number of amides is 2. The number of benzene rings is 1. The van der Waals surface area contributed by atoms with E-state index in [-0.39, 0.29) is 17.5 Å². The highest BCUT2D eigenvalue weighted by Crippen LogP contribution is 2.47. The summed E-state index contributed by atoms with van der Waals surface area (Å²) in [6.45, 7) is 1.41. The first kappa shape index (κ1) is 21.0. The number of anilines is 2. The molecule has 4 rings (SSSR count). The molecule has 0 atom stereocenters. The maximum atomic E-state index is 12.9. The third-order valence-corrected chi connectivity index (χ3v) is 5.55. The molecule has 1 aromatic carbocycles. The molecule has 2 N–H and O–H groups in total.